The zero-order chi connectivity index (χ0) is 23.4. The minimum absolute atomic E-state index is 0.0737. The molecule has 7 nitrogen and oxygen atoms in total. The molecule has 2 aliphatic rings. The number of piperidine rings is 1. The second kappa shape index (κ2) is 9.73. The summed E-state index contributed by atoms with van der Waals surface area (Å²) in [5, 5.41) is 0. The number of rotatable bonds is 7. The molecule has 2 aromatic heterocycles. The topological polar surface area (TPSA) is 69.6 Å². The third-order valence-corrected chi connectivity index (χ3v) is 6.96. The van der Waals surface area contributed by atoms with Crippen LogP contribution in [0.3, 0.4) is 0 Å². The zero-order valence-corrected chi connectivity index (χ0v) is 19.2. The van der Waals surface area contributed by atoms with Gasteiger partial charge in [-0.2, -0.15) is 0 Å². The van der Waals surface area contributed by atoms with Crippen molar-refractivity contribution in [3.8, 4) is 0 Å². The quantitative estimate of drug-likeness (QED) is 0.510. The van der Waals surface area contributed by atoms with Crippen LogP contribution < -0.4 is 0 Å². The normalized spacial score (nSPS) is 18.1. The molecule has 2 saturated heterocycles. The van der Waals surface area contributed by atoms with E-state index < -0.39 is 5.54 Å². The van der Waals surface area contributed by atoms with Crippen molar-refractivity contribution in [1.82, 2.24) is 24.7 Å². The Morgan fingerprint density at radius 2 is 1.38 bits per heavy atom. The molecule has 2 fully saturated rings. The first kappa shape index (κ1) is 22.2. The van der Waals surface area contributed by atoms with Crippen LogP contribution in [0.15, 0.2) is 79.4 Å². The highest BCUT2D eigenvalue weighted by molar-refractivity contribution is 6.07. The Balaban J connectivity index is 1.35. The van der Waals surface area contributed by atoms with E-state index in [0.29, 0.717) is 19.4 Å². The summed E-state index contributed by atoms with van der Waals surface area (Å²) >= 11 is 0. The molecule has 0 unspecified atom stereocenters. The summed E-state index contributed by atoms with van der Waals surface area (Å²) in [4.78, 5) is 41.4. The van der Waals surface area contributed by atoms with Gasteiger partial charge in [-0.05, 0) is 48.1 Å². The lowest BCUT2D eigenvalue weighted by molar-refractivity contribution is -0.136. The maximum atomic E-state index is 13.8. The summed E-state index contributed by atoms with van der Waals surface area (Å²) in [6, 6.07) is 17.7. The van der Waals surface area contributed by atoms with Crippen molar-refractivity contribution in [3.05, 3.63) is 96.1 Å². The number of hydrogen-bond acceptors (Lipinski definition) is 5. The Labute approximate surface area is 200 Å². The third kappa shape index (κ3) is 4.43. The van der Waals surface area contributed by atoms with Gasteiger partial charge in [-0.15, -0.1) is 0 Å². The van der Waals surface area contributed by atoms with Gasteiger partial charge in [-0.1, -0.05) is 42.5 Å². The predicted molar refractivity (Wildman–Crippen MR) is 129 cm³/mol. The lowest BCUT2D eigenvalue weighted by Gasteiger charge is -2.42. The van der Waals surface area contributed by atoms with Gasteiger partial charge in [0.05, 0.1) is 6.54 Å². The van der Waals surface area contributed by atoms with Gasteiger partial charge in [0, 0.05) is 51.0 Å². The van der Waals surface area contributed by atoms with Crippen LogP contribution >= 0.6 is 0 Å². The van der Waals surface area contributed by atoms with Crippen LogP contribution in [0.5, 0.6) is 0 Å². The molecule has 0 aliphatic carbocycles. The number of urea groups is 1. The van der Waals surface area contributed by atoms with Crippen molar-refractivity contribution in [2.24, 2.45) is 0 Å². The van der Waals surface area contributed by atoms with Crippen molar-refractivity contribution in [2.45, 2.75) is 37.9 Å². The summed E-state index contributed by atoms with van der Waals surface area (Å²) in [6.45, 7) is 3.11. The van der Waals surface area contributed by atoms with Gasteiger partial charge in [-0.3, -0.25) is 24.6 Å². The van der Waals surface area contributed by atoms with Crippen molar-refractivity contribution in [3.63, 3.8) is 0 Å². The summed E-state index contributed by atoms with van der Waals surface area (Å²) in [5.41, 5.74) is 2.40. The Morgan fingerprint density at radius 1 is 0.765 bits per heavy atom. The van der Waals surface area contributed by atoms with Gasteiger partial charge >= 0.3 is 6.03 Å². The van der Waals surface area contributed by atoms with Gasteiger partial charge in [0.1, 0.15) is 5.54 Å². The highest BCUT2D eigenvalue weighted by Crippen LogP contribution is 2.38. The van der Waals surface area contributed by atoms with E-state index in [4.69, 9.17) is 0 Å². The van der Waals surface area contributed by atoms with Crippen LogP contribution in [-0.2, 0) is 24.3 Å². The number of pyridine rings is 2. The first-order valence-electron chi connectivity index (χ1n) is 11.8. The van der Waals surface area contributed by atoms with Gasteiger partial charge in [0.2, 0.25) is 0 Å². The first-order valence-corrected chi connectivity index (χ1v) is 11.8. The largest absolute Gasteiger partial charge is 0.328 e. The fraction of sp³-hybridized carbons (Fsp3) is 0.333. The summed E-state index contributed by atoms with van der Waals surface area (Å²) in [6.07, 6.45) is 9.07. The number of amides is 3. The van der Waals surface area contributed by atoms with Crippen LogP contribution in [0.4, 0.5) is 4.79 Å². The van der Waals surface area contributed by atoms with Gasteiger partial charge in [-0.25, -0.2) is 4.79 Å². The smallest absolute Gasteiger partial charge is 0.309 e. The Bertz CT molecular complexity index is 1120. The van der Waals surface area contributed by atoms with Crippen molar-refractivity contribution < 1.29 is 9.59 Å². The van der Waals surface area contributed by atoms with Crippen LogP contribution in [0, 0.1) is 0 Å². The van der Waals surface area contributed by atoms with Crippen LogP contribution in [0.25, 0.3) is 0 Å². The van der Waals surface area contributed by atoms with E-state index in [1.807, 2.05) is 47.5 Å². The number of nitrogens with zero attached hydrogens (tertiary/aromatic N) is 5. The molecule has 1 aromatic carbocycles. The molecule has 0 bridgehead atoms. The molecule has 7 heteroatoms. The molecular weight excluding hydrogens is 426 g/mol. The van der Waals surface area contributed by atoms with E-state index in [0.717, 1.165) is 42.7 Å². The highest BCUT2D eigenvalue weighted by Gasteiger charge is 2.57. The van der Waals surface area contributed by atoms with Crippen LogP contribution in [-0.4, -0.2) is 61.8 Å². The fourth-order valence-electron chi connectivity index (χ4n) is 5.11. The van der Waals surface area contributed by atoms with Crippen molar-refractivity contribution in [2.75, 3.05) is 19.6 Å². The fourth-order valence-corrected chi connectivity index (χ4v) is 5.11. The average Bonchev–Trinajstić information content (AvgIpc) is 3.07. The van der Waals surface area contributed by atoms with Gasteiger partial charge in [0.15, 0.2) is 0 Å². The monoisotopic (exact) mass is 455 g/mol. The van der Waals surface area contributed by atoms with E-state index in [-0.39, 0.29) is 18.5 Å². The SMILES string of the molecule is O=C1N(Cc2cccnc2)C(=O)C2(CCN(Cc3cccnc3)CC2)N1CCc1ccccc1. The first-order chi connectivity index (χ1) is 16.7. The second-order valence-corrected chi connectivity index (χ2v) is 9.09. The molecule has 1 spiro atoms. The molecule has 3 amide bonds. The summed E-state index contributed by atoms with van der Waals surface area (Å²) in [5.74, 6) is -0.0737. The molecule has 0 N–H and O–H groups in total. The number of imide groups is 1. The predicted octanol–water partition coefficient (Wildman–Crippen LogP) is 3.52. The number of hydrogen-bond donors (Lipinski definition) is 0. The Kier molecular flexibility index (Phi) is 6.36. The Morgan fingerprint density at radius 3 is 2.00 bits per heavy atom. The molecule has 0 radical (unpaired) electrons. The number of likely N-dealkylation sites (tertiary alicyclic amines) is 1. The number of benzene rings is 1. The standard InChI is InChI=1S/C27H29N5O2/c33-25-27(11-16-30(17-12-27)20-23-8-4-13-28-18-23)32(15-10-22-6-2-1-3-7-22)26(34)31(25)21-24-9-5-14-29-19-24/h1-9,13-14,18-19H,10-12,15-17,20-21H2. The number of carbonyl (C=O) groups excluding carboxylic acids is 2. The highest BCUT2D eigenvalue weighted by atomic mass is 16.2. The maximum absolute atomic E-state index is 13.8. The lowest BCUT2D eigenvalue weighted by Crippen LogP contribution is -2.56. The number of carbonyl (C=O) groups is 2. The van der Waals surface area contributed by atoms with Crippen molar-refractivity contribution >= 4 is 11.9 Å². The molecule has 34 heavy (non-hydrogen) atoms. The maximum Gasteiger partial charge on any atom is 0.328 e. The van der Waals surface area contributed by atoms with Gasteiger partial charge in [0.25, 0.3) is 5.91 Å². The Hall–Kier alpha value is -3.58. The lowest BCUT2D eigenvalue weighted by atomic mass is 9.85. The van der Waals surface area contributed by atoms with E-state index in [2.05, 4.69) is 33.1 Å². The van der Waals surface area contributed by atoms with Gasteiger partial charge < -0.3 is 4.90 Å². The summed E-state index contributed by atoms with van der Waals surface area (Å²) in [7, 11) is 0. The third-order valence-electron chi connectivity index (χ3n) is 6.96. The molecule has 0 saturated carbocycles. The average molecular weight is 456 g/mol. The number of aromatic nitrogens is 2. The van der Waals surface area contributed by atoms with E-state index in [9.17, 15) is 9.59 Å². The van der Waals surface area contributed by atoms with E-state index >= 15 is 0 Å². The second-order valence-electron chi connectivity index (χ2n) is 9.09. The van der Waals surface area contributed by atoms with E-state index in [1.165, 1.54) is 4.90 Å². The molecule has 5 rings (SSSR count). The van der Waals surface area contributed by atoms with Crippen molar-refractivity contribution in [1.29, 1.82) is 0 Å². The minimum atomic E-state index is -0.778. The molecule has 2 aliphatic heterocycles. The van der Waals surface area contributed by atoms with E-state index in [1.54, 1.807) is 18.6 Å². The summed E-state index contributed by atoms with van der Waals surface area (Å²) < 4.78 is 0. The zero-order valence-electron chi connectivity index (χ0n) is 19.2. The van der Waals surface area contributed by atoms with Crippen LogP contribution in [0.2, 0.25) is 0 Å². The molecule has 3 aromatic rings. The molecule has 0 atom stereocenters. The minimum Gasteiger partial charge on any atom is -0.309 e. The van der Waals surface area contributed by atoms with Crippen LogP contribution in [0.1, 0.15) is 29.5 Å². The molecular formula is C27H29N5O2. The molecule has 4 heterocycles. The molecule has 174 valence electrons.